The zero-order valence-corrected chi connectivity index (χ0v) is 25.0. The van der Waals surface area contributed by atoms with Crippen LogP contribution >= 0.6 is 0 Å². The van der Waals surface area contributed by atoms with Gasteiger partial charge in [-0.2, -0.15) is 0 Å². The Labute approximate surface area is 254 Å². The number of nitrogens with zero attached hydrogens (tertiary/aromatic N) is 3. The van der Waals surface area contributed by atoms with Crippen LogP contribution in [-0.2, 0) is 13.0 Å². The maximum Gasteiger partial charge on any atom is 0.277 e. The zero-order valence-electron chi connectivity index (χ0n) is 25.0. The number of rotatable bonds is 12. The molecule has 0 saturated carbocycles. The highest BCUT2D eigenvalue weighted by atomic mass is 16.5. The minimum atomic E-state index is -0.320. The zero-order chi connectivity index (χ0) is 30.3. The van der Waals surface area contributed by atoms with Crippen molar-refractivity contribution in [3.05, 3.63) is 160 Å². The van der Waals surface area contributed by atoms with E-state index in [1.807, 2.05) is 58.1 Å². The molecule has 220 valence electrons. The van der Waals surface area contributed by atoms with Gasteiger partial charge in [0.1, 0.15) is 13.3 Å². The van der Waals surface area contributed by atoms with Gasteiger partial charge in [0.25, 0.3) is 5.91 Å². The number of hydrogen-bond acceptors (Lipinski definition) is 4. The molecule has 0 saturated heterocycles. The quantitative estimate of drug-likeness (QED) is 0.137. The summed E-state index contributed by atoms with van der Waals surface area (Å²) < 4.78 is 8.02. The third-order valence-electron chi connectivity index (χ3n) is 8.01. The van der Waals surface area contributed by atoms with Crippen LogP contribution in [0.4, 0.5) is 0 Å². The van der Waals surface area contributed by atoms with Crippen LogP contribution in [0.15, 0.2) is 115 Å². The lowest BCUT2D eigenvalue weighted by Crippen LogP contribution is -2.56. The van der Waals surface area contributed by atoms with Crippen LogP contribution in [0.25, 0.3) is 0 Å². The first-order chi connectivity index (χ1) is 20.9. The molecule has 1 aliphatic rings. The van der Waals surface area contributed by atoms with Gasteiger partial charge in [-0.15, -0.1) is 13.2 Å². The fraction of sp³-hybridized carbons (Fsp3) is 0.243. The predicted octanol–water partition coefficient (Wildman–Crippen LogP) is 6.88. The average Bonchev–Trinajstić information content (AvgIpc) is 3.01. The van der Waals surface area contributed by atoms with E-state index in [2.05, 4.69) is 68.4 Å². The largest absolute Gasteiger partial charge is 0.482 e. The number of allylic oxidation sites excluding steroid dienone is 2. The number of aryl methyl sites for hydroxylation is 2. The first-order valence-electron chi connectivity index (χ1n) is 14.8. The summed E-state index contributed by atoms with van der Waals surface area (Å²) >= 11 is 0. The molecule has 4 aromatic rings. The molecule has 3 aromatic carbocycles. The standard InChI is InChI=1S/C37H39N3O3/c1-5-7-13-23-38-26-40(34(31-21-12-11-16-27(31)3)33-28(4)17-14-20-30(33)15-6-2)39-24-22-32(41)36(35(39)37(38)42)43-25-29-18-9-8-10-19-29/h5-6,8-12,14,16-22,24,34H,1-2,7,13,15,23,25-26H2,3-4H3. The molecule has 0 spiro atoms. The lowest BCUT2D eigenvalue weighted by atomic mass is 9.87. The van der Waals surface area contributed by atoms with Crippen LogP contribution in [0, 0.1) is 13.8 Å². The number of ether oxygens (including phenoxy) is 1. The molecule has 0 bridgehead atoms. The number of hydrogen-bond donors (Lipinski definition) is 0. The van der Waals surface area contributed by atoms with E-state index in [0.717, 1.165) is 40.7 Å². The highest BCUT2D eigenvalue weighted by Crippen LogP contribution is 2.37. The SMILES string of the molecule is C=CCCCN1CN(C(c2ccccc2C)c2c(C)cccc2CC=C)n2ccc(=O)c(OCc3ccccc3)c2C1=O. The number of carbonyl (C=O) groups is 1. The number of fused-ring (bicyclic) bond motifs is 1. The molecular weight excluding hydrogens is 534 g/mol. The molecule has 1 unspecified atom stereocenters. The van der Waals surface area contributed by atoms with E-state index in [1.165, 1.54) is 11.6 Å². The molecule has 43 heavy (non-hydrogen) atoms. The average molecular weight is 574 g/mol. The van der Waals surface area contributed by atoms with Gasteiger partial charge in [-0.05, 0) is 66.5 Å². The molecule has 1 aromatic heterocycles. The van der Waals surface area contributed by atoms with E-state index < -0.39 is 0 Å². The van der Waals surface area contributed by atoms with Crippen molar-refractivity contribution in [1.29, 1.82) is 0 Å². The lowest BCUT2D eigenvalue weighted by Gasteiger charge is -2.45. The van der Waals surface area contributed by atoms with Gasteiger partial charge >= 0.3 is 0 Å². The second kappa shape index (κ2) is 13.4. The number of aromatic nitrogens is 1. The number of unbranched alkanes of at least 4 members (excludes halogenated alkanes) is 1. The Morgan fingerprint density at radius 1 is 0.884 bits per heavy atom. The fourth-order valence-corrected chi connectivity index (χ4v) is 5.87. The topological polar surface area (TPSA) is 54.8 Å². The van der Waals surface area contributed by atoms with Crippen molar-refractivity contribution in [3.8, 4) is 5.75 Å². The van der Waals surface area contributed by atoms with Gasteiger partial charge in [0.2, 0.25) is 5.43 Å². The normalized spacial score (nSPS) is 13.4. The van der Waals surface area contributed by atoms with Crippen LogP contribution in [0.2, 0.25) is 0 Å². The molecule has 2 heterocycles. The molecule has 0 aliphatic carbocycles. The van der Waals surface area contributed by atoms with Gasteiger partial charge < -0.3 is 9.64 Å². The third kappa shape index (κ3) is 6.19. The van der Waals surface area contributed by atoms with E-state index in [9.17, 15) is 9.59 Å². The Kier molecular flexibility index (Phi) is 9.26. The van der Waals surface area contributed by atoms with E-state index in [0.29, 0.717) is 19.6 Å². The number of carbonyl (C=O) groups excluding carboxylic acids is 1. The van der Waals surface area contributed by atoms with Crippen LogP contribution in [0.3, 0.4) is 0 Å². The molecule has 1 amide bonds. The summed E-state index contributed by atoms with van der Waals surface area (Å²) in [4.78, 5) is 29.3. The minimum absolute atomic E-state index is 0.0643. The highest BCUT2D eigenvalue weighted by Gasteiger charge is 2.38. The molecule has 5 rings (SSSR count). The van der Waals surface area contributed by atoms with Gasteiger partial charge in [-0.3, -0.25) is 19.3 Å². The molecule has 0 N–H and O–H groups in total. The number of amides is 1. The fourth-order valence-electron chi connectivity index (χ4n) is 5.87. The van der Waals surface area contributed by atoms with Gasteiger partial charge in [0, 0.05) is 18.8 Å². The van der Waals surface area contributed by atoms with Crippen LogP contribution in [0.5, 0.6) is 5.75 Å². The van der Waals surface area contributed by atoms with Crippen molar-refractivity contribution in [2.24, 2.45) is 0 Å². The first-order valence-corrected chi connectivity index (χ1v) is 14.8. The van der Waals surface area contributed by atoms with E-state index in [4.69, 9.17) is 4.74 Å². The maximum absolute atomic E-state index is 14.2. The van der Waals surface area contributed by atoms with E-state index in [-0.39, 0.29) is 35.4 Å². The summed E-state index contributed by atoms with van der Waals surface area (Å²) in [6.07, 6.45) is 7.76. The van der Waals surface area contributed by atoms with Gasteiger partial charge in [-0.1, -0.05) is 84.9 Å². The van der Waals surface area contributed by atoms with Crippen molar-refractivity contribution >= 4 is 5.91 Å². The van der Waals surface area contributed by atoms with Crippen molar-refractivity contribution in [2.75, 3.05) is 18.2 Å². The lowest BCUT2D eigenvalue weighted by molar-refractivity contribution is 0.0674. The monoisotopic (exact) mass is 573 g/mol. The summed E-state index contributed by atoms with van der Waals surface area (Å²) in [5.74, 6) is -0.157. The van der Waals surface area contributed by atoms with Crippen LogP contribution in [0.1, 0.15) is 62.8 Å². The van der Waals surface area contributed by atoms with Crippen LogP contribution in [-0.4, -0.2) is 28.7 Å². The van der Waals surface area contributed by atoms with Gasteiger partial charge in [0.15, 0.2) is 11.4 Å². The van der Waals surface area contributed by atoms with Gasteiger partial charge in [0.05, 0.1) is 6.04 Å². The second-order valence-corrected chi connectivity index (χ2v) is 11.0. The third-order valence-corrected chi connectivity index (χ3v) is 8.01. The molecule has 6 nitrogen and oxygen atoms in total. The van der Waals surface area contributed by atoms with Gasteiger partial charge in [-0.25, -0.2) is 0 Å². The van der Waals surface area contributed by atoms with Crippen molar-refractivity contribution in [3.63, 3.8) is 0 Å². The van der Waals surface area contributed by atoms with Crippen molar-refractivity contribution in [1.82, 2.24) is 9.58 Å². The Morgan fingerprint density at radius 2 is 1.63 bits per heavy atom. The summed E-state index contributed by atoms with van der Waals surface area (Å²) in [6.45, 7) is 13.2. The molecule has 1 atom stereocenters. The molecule has 1 aliphatic heterocycles. The first kappa shape index (κ1) is 29.6. The molecule has 6 heteroatoms. The smallest absolute Gasteiger partial charge is 0.277 e. The predicted molar refractivity (Wildman–Crippen MR) is 173 cm³/mol. The summed E-state index contributed by atoms with van der Waals surface area (Å²) in [5.41, 5.74) is 6.57. The summed E-state index contributed by atoms with van der Waals surface area (Å²) in [5, 5.41) is 2.19. The summed E-state index contributed by atoms with van der Waals surface area (Å²) in [7, 11) is 0. The number of benzene rings is 3. The Balaban J connectivity index is 1.72. The second-order valence-electron chi connectivity index (χ2n) is 11.0. The van der Waals surface area contributed by atoms with E-state index in [1.54, 1.807) is 6.20 Å². The minimum Gasteiger partial charge on any atom is -0.482 e. The molecule has 0 radical (unpaired) electrons. The Bertz CT molecular complexity index is 1670. The highest BCUT2D eigenvalue weighted by molar-refractivity contribution is 5.96. The van der Waals surface area contributed by atoms with Crippen molar-refractivity contribution in [2.45, 2.75) is 45.8 Å². The van der Waals surface area contributed by atoms with E-state index >= 15 is 0 Å². The molecule has 0 fully saturated rings. The Morgan fingerprint density at radius 3 is 2.37 bits per heavy atom. The Hall–Kier alpha value is -4.84. The van der Waals surface area contributed by atoms with Crippen LogP contribution < -0.4 is 15.2 Å². The summed E-state index contributed by atoms with van der Waals surface area (Å²) in [6, 6.07) is 25.6. The van der Waals surface area contributed by atoms with Crippen molar-refractivity contribution < 1.29 is 9.53 Å². The number of pyridine rings is 1. The molecular formula is C37H39N3O3. The maximum atomic E-state index is 14.2.